The molecule has 0 saturated heterocycles. The minimum Gasteiger partial charge on any atom is -0.283 e. The number of para-hydroxylation sites is 1. The summed E-state index contributed by atoms with van der Waals surface area (Å²) in [4.78, 5) is 29.7. The van der Waals surface area contributed by atoms with Crippen LogP contribution in [0.5, 0.6) is 0 Å². The van der Waals surface area contributed by atoms with E-state index in [2.05, 4.69) is 6.92 Å². The van der Waals surface area contributed by atoms with Gasteiger partial charge in [-0.15, -0.1) is 11.3 Å². The average Bonchev–Trinajstić information content (AvgIpc) is 3.42. The second-order valence-electron chi connectivity index (χ2n) is 9.56. The minimum absolute atomic E-state index is 0.0333. The molecule has 1 aliphatic carbocycles. The van der Waals surface area contributed by atoms with Gasteiger partial charge in [0.2, 0.25) is 4.80 Å². The maximum absolute atomic E-state index is 13.5. The van der Waals surface area contributed by atoms with Gasteiger partial charge in [-0.1, -0.05) is 31.5 Å². The van der Waals surface area contributed by atoms with Crippen molar-refractivity contribution in [3.05, 3.63) is 90.9 Å². The van der Waals surface area contributed by atoms with Crippen molar-refractivity contribution in [2.45, 2.75) is 46.0 Å². The van der Waals surface area contributed by atoms with E-state index in [9.17, 15) is 14.9 Å². The summed E-state index contributed by atoms with van der Waals surface area (Å²) < 4.78 is 5.22. The standard InChI is InChI=1S/C28H30N6O3S/c1-4-20-10-14-22(15-11-20)30-32-25(21-12-16-24(17-13-21)34(36)37)18-38-28(32)29-26-19(2)31(3)33(27(26)35)23-8-6-5-7-9-23/h5-9,12-13,16-18,20H,4,10-11,14-15H2,1-3H3. The van der Waals surface area contributed by atoms with Gasteiger partial charge < -0.3 is 0 Å². The largest absolute Gasteiger partial charge is 0.297 e. The molecule has 0 aliphatic heterocycles. The van der Waals surface area contributed by atoms with Crippen LogP contribution in [-0.2, 0) is 7.05 Å². The Labute approximate surface area is 224 Å². The van der Waals surface area contributed by atoms with Crippen LogP contribution >= 0.6 is 11.3 Å². The fraction of sp³-hybridized carbons (Fsp3) is 0.321. The van der Waals surface area contributed by atoms with Gasteiger partial charge in [0.25, 0.3) is 11.2 Å². The zero-order valence-corrected chi connectivity index (χ0v) is 22.5. The number of hydrogen-bond donors (Lipinski definition) is 0. The Kier molecular flexibility index (Phi) is 7.24. The number of rotatable bonds is 6. The number of non-ortho nitro benzene ring substituents is 1. The molecule has 0 amide bonds. The van der Waals surface area contributed by atoms with Crippen LogP contribution in [0.2, 0.25) is 0 Å². The summed E-state index contributed by atoms with van der Waals surface area (Å²) in [5.41, 5.74) is 4.38. The third kappa shape index (κ3) is 4.91. The van der Waals surface area contributed by atoms with Gasteiger partial charge in [0.05, 0.1) is 22.0 Å². The lowest BCUT2D eigenvalue weighted by molar-refractivity contribution is -0.384. The van der Waals surface area contributed by atoms with E-state index in [1.807, 2.05) is 54.4 Å². The van der Waals surface area contributed by atoms with Gasteiger partial charge in [0.15, 0.2) is 5.69 Å². The summed E-state index contributed by atoms with van der Waals surface area (Å²) in [5, 5.41) is 18.1. The summed E-state index contributed by atoms with van der Waals surface area (Å²) in [6.07, 6.45) is 5.24. The molecule has 4 aromatic rings. The van der Waals surface area contributed by atoms with Crippen molar-refractivity contribution < 1.29 is 4.92 Å². The molecule has 0 N–H and O–H groups in total. The lowest BCUT2D eigenvalue weighted by Crippen LogP contribution is -2.20. The Bertz CT molecular complexity index is 1610. The van der Waals surface area contributed by atoms with Gasteiger partial charge in [0, 0.05) is 35.8 Å². The molecule has 0 spiro atoms. The van der Waals surface area contributed by atoms with Crippen LogP contribution < -0.4 is 10.4 Å². The normalized spacial score (nSPS) is 16.1. The lowest BCUT2D eigenvalue weighted by Gasteiger charge is -2.21. The Balaban J connectivity index is 1.65. The van der Waals surface area contributed by atoms with Gasteiger partial charge in [-0.2, -0.15) is 5.10 Å². The van der Waals surface area contributed by atoms with Crippen molar-refractivity contribution in [3.63, 3.8) is 0 Å². The van der Waals surface area contributed by atoms with Gasteiger partial charge >= 0.3 is 0 Å². The maximum atomic E-state index is 13.5. The molecule has 0 radical (unpaired) electrons. The van der Waals surface area contributed by atoms with Gasteiger partial charge in [-0.25, -0.2) is 14.4 Å². The summed E-state index contributed by atoms with van der Waals surface area (Å²) >= 11 is 1.40. The monoisotopic (exact) mass is 530 g/mol. The van der Waals surface area contributed by atoms with Crippen LogP contribution in [0.1, 0.15) is 44.7 Å². The highest BCUT2D eigenvalue weighted by Crippen LogP contribution is 2.27. The molecule has 9 nitrogen and oxygen atoms in total. The number of hydrogen-bond acceptors (Lipinski definition) is 6. The van der Waals surface area contributed by atoms with E-state index in [1.165, 1.54) is 29.9 Å². The van der Waals surface area contributed by atoms with Crippen molar-refractivity contribution in [2.24, 2.45) is 23.1 Å². The number of thiazole rings is 1. The molecule has 2 aromatic carbocycles. The Hall–Kier alpha value is -4.05. The summed E-state index contributed by atoms with van der Waals surface area (Å²) in [6.45, 7) is 4.11. The molecule has 2 heterocycles. The average molecular weight is 531 g/mol. The third-order valence-corrected chi connectivity index (χ3v) is 8.11. The van der Waals surface area contributed by atoms with E-state index >= 15 is 0 Å². The number of nitro benzene ring substituents is 1. The minimum atomic E-state index is -0.408. The van der Waals surface area contributed by atoms with Crippen molar-refractivity contribution in [2.75, 3.05) is 0 Å². The number of benzene rings is 2. The first kappa shape index (κ1) is 25.6. The molecule has 10 heteroatoms. The van der Waals surface area contributed by atoms with Gasteiger partial charge in [0.1, 0.15) is 0 Å². The van der Waals surface area contributed by atoms with E-state index in [0.717, 1.165) is 60.0 Å². The Morgan fingerprint density at radius 3 is 2.39 bits per heavy atom. The van der Waals surface area contributed by atoms with Gasteiger partial charge in [-0.3, -0.25) is 19.6 Å². The zero-order valence-electron chi connectivity index (χ0n) is 21.7. The molecule has 38 heavy (non-hydrogen) atoms. The second-order valence-corrected chi connectivity index (χ2v) is 10.4. The molecular weight excluding hydrogens is 500 g/mol. The molecular formula is C28H30N6O3S. The molecule has 1 aliphatic rings. The van der Waals surface area contributed by atoms with Crippen LogP contribution in [-0.4, -0.2) is 24.7 Å². The maximum Gasteiger partial charge on any atom is 0.297 e. The van der Waals surface area contributed by atoms with Crippen molar-refractivity contribution in [3.8, 4) is 16.9 Å². The smallest absolute Gasteiger partial charge is 0.283 e. The van der Waals surface area contributed by atoms with Crippen molar-refractivity contribution in [1.82, 2.24) is 14.0 Å². The Morgan fingerprint density at radius 1 is 1.08 bits per heavy atom. The Morgan fingerprint density at radius 2 is 1.76 bits per heavy atom. The summed E-state index contributed by atoms with van der Waals surface area (Å²) in [6, 6.07) is 15.9. The molecule has 1 fully saturated rings. The van der Waals surface area contributed by atoms with Crippen LogP contribution in [0.3, 0.4) is 0 Å². The molecule has 1 saturated carbocycles. The van der Waals surface area contributed by atoms with E-state index < -0.39 is 4.92 Å². The molecule has 2 aromatic heterocycles. The third-order valence-electron chi connectivity index (χ3n) is 7.29. The quantitative estimate of drug-likeness (QED) is 0.227. The SMILES string of the molecule is CCC1CCC(=Nn2c(-c3ccc([N+](=O)[O-])cc3)csc2=Nc2c(C)n(C)n(-c3ccccc3)c2=O)CC1. The first-order valence-corrected chi connectivity index (χ1v) is 13.7. The predicted molar refractivity (Wildman–Crippen MR) is 150 cm³/mol. The second kappa shape index (κ2) is 10.7. The number of nitrogens with zero attached hydrogens (tertiary/aromatic N) is 6. The topological polar surface area (TPSA) is 99.7 Å². The predicted octanol–water partition coefficient (Wildman–Crippen LogP) is 5.96. The highest BCUT2D eigenvalue weighted by Gasteiger charge is 2.19. The first-order chi connectivity index (χ1) is 18.4. The fourth-order valence-electron chi connectivity index (χ4n) is 4.87. The highest BCUT2D eigenvalue weighted by atomic mass is 32.1. The molecule has 0 atom stereocenters. The molecule has 0 unspecified atom stereocenters. The zero-order chi connectivity index (χ0) is 26.8. The van der Waals surface area contributed by atoms with E-state index in [1.54, 1.807) is 21.5 Å². The van der Waals surface area contributed by atoms with E-state index in [-0.39, 0.29) is 11.2 Å². The van der Waals surface area contributed by atoms with Crippen LogP contribution in [0.4, 0.5) is 11.4 Å². The number of aromatic nitrogens is 3. The van der Waals surface area contributed by atoms with Gasteiger partial charge in [-0.05, 0) is 62.8 Å². The van der Waals surface area contributed by atoms with E-state index in [4.69, 9.17) is 10.1 Å². The van der Waals surface area contributed by atoms with E-state index in [0.29, 0.717) is 10.5 Å². The fourth-order valence-corrected chi connectivity index (χ4v) is 5.70. The van der Waals surface area contributed by atoms with Crippen LogP contribution in [0, 0.1) is 23.0 Å². The van der Waals surface area contributed by atoms with Crippen LogP contribution in [0.15, 0.2) is 74.9 Å². The number of nitro groups is 1. The molecule has 0 bridgehead atoms. The summed E-state index contributed by atoms with van der Waals surface area (Å²) in [7, 11) is 1.85. The van der Waals surface area contributed by atoms with Crippen LogP contribution in [0.25, 0.3) is 16.9 Å². The molecule has 196 valence electrons. The van der Waals surface area contributed by atoms with Crippen molar-refractivity contribution in [1.29, 1.82) is 0 Å². The van der Waals surface area contributed by atoms with Crippen molar-refractivity contribution >= 4 is 28.4 Å². The lowest BCUT2D eigenvalue weighted by atomic mass is 9.86. The highest BCUT2D eigenvalue weighted by molar-refractivity contribution is 7.07. The first-order valence-electron chi connectivity index (χ1n) is 12.8. The summed E-state index contributed by atoms with van der Waals surface area (Å²) in [5.74, 6) is 0.725. The molecule has 5 rings (SSSR count).